The summed E-state index contributed by atoms with van der Waals surface area (Å²) in [7, 11) is 0. The largest absolute Gasteiger partial charge is 0.337 e. The van der Waals surface area contributed by atoms with Crippen molar-refractivity contribution in [1.29, 1.82) is 0 Å². The maximum atomic E-state index is 10.7. The molecule has 1 aromatic carbocycles. The average Bonchev–Trinajstić information content (AvgIpc) is 3.33. The van der Waals surface area contributed by atoms with E-state index in [-0.39, 0.29) is 5.69 Å². The van der Waals surface area contributed by atoms with Gasteiger partial charge in [-0.25, -0.2) is 0 Å². The molecule has 0 amide bonds. The number of aromatic nitrogens is 6. The summed E-state index contributed by atoms with van der Waals surface area (Å²) in [5.74, 6) is 0.713. The van der Waals surface area contributed by atoms with Gasteiger partial charge >= 0.3 is 5.69 Å². The molecule has 26 heavy (non-hydrogen) atoms. The van der Waals surface area contributed by atoms with Crippen LogP contribution in [0.5, 0.6) is 0 Å². The molecule has 0 saturated carbocycles. The van der Waals surface area contributed by atoms with Gasteiger partial charge in [0.25, 0.3) is 0 Å². The van der Waals surface area contributed by atoms with Crippen molar-refractivity contribution in [2.45, 2.75) is 6.67 Å². The van der Waals surface area contributed by atoms with Crippen molar-refractivity contribution >= 4 is 11.6 Å². The summed E-state index contributed by atoms with van der Waals surface area (Å²) in [6, 6.07) is 9.76. The SMILES string of the molecule is O=[N+]([O-])c1cnn(CN2CCN(c3nnnn3-c3ccccc3)CC2)c1. The molecule has 2 aromatic heterocycles. The van der Waals surface area contributed by atoms with Crippen molar-refractivity contribution in [3.8, 4) is 5.69 Å². The number of hydrogen-bond acceptors (Lipinski definition) is 8. The van der Waals surface area contributed by atoms with Gasteiger partial charge in [-0.15, -0.1) is 0 Å². The molecule has 11 nitrogen and oxygen atoms in total. The minimum Gasteiger partial charge on any atom is -0.337 e. The molecule has 0 unspecified atom stereocenters. The van der Waals surface area contributed by atoms with Crippen molar-refractivity contribution in [3.05, 3.63) is 52.8 Å². The molecule has 3 heterocycles. The van der Waals surface area contributed by atoms with E-state index in [1.807, 2.05) is 30.3 Å². The fraction of sp³-hybridized carbons (Fsp3) is 0.333. The van der Waals surface area contributed by atoms with Crippen LogP contribution in [0.15, 0.2) is 42.7 Å². The van der Waals surface area contributed by atoms with E-state index in [4.69, 9.17) is 0 Å². The van der Waals surface area contributed by atoms with Crippen molar-refractivity contribution in [2.24, 2.45) is 0 Å². The molecule has 134 valence electrons. The highest BCUT2D eigenvalue weighted by atomic mass is 16.6. The van der Waals surface area contributed by atoms with Crippen LogP contribution in [0.1, 0.15) is 0 Å². The molecule has 3 aromatic rings. The maximum absolute atomic E-state index is 10.7. The lowest BCUT2D eigenvalue weighted by Crippen LogP contribution is -2.47. The number of anilines is 1. The van der Waals surface area contributed by atoms with Gasteiger partial charge in [0.2, 0.25) is 5.95 Å². The van der Waals surface area contributed by atoms with Crippen LogP contribution in [0.2, 0.25) is 0 Å². The van der Waals surface area contributed by atoms with Gasteiger partial charge in [-0.2, -0.15) is 9.78 Å². The number of nitrogens with zero attached hydrogens (tertiary/aromatic N) is 9. The van der Waals surface area contributed by atoms with E-state index < -0.39 is 4.92 Å². The first kappa shape index (κ1) is 16.1. The number of hydrogen-bond donors (Lipinski definition) is 0. The Hall–Kier alpha value is -3.34. The molecule has 1 saturated heterocycles. The monoisotopic (exact) mass is 355 g/mol. The van der Waals surface area contributed by atoms with Gasteiger partial charge < -0.3 is 4.90 Å². The summed E-state index contributed by atoms with van der Waals surface area (Å²) < 4.78 is 3.31. The van der Waals surface area contributed by atoms with Crippen LogP contribution >= 0.6 is 0 Å². The van der Waals surface area contributed by atoms with Crippen molar-refractivity contribution in [3.63, 3.8) is 0 Å². The zero-order chi connectivity index (χ0) is 17.9. The quantitative estimate of drug-likeness (QED) is 0.482. The van der Waals surface area contributed by atoms with Gasteiger partial charge in [0.05, 0.1) is 17.3 Å². The zero-order valence-corrected chi connectivity index (χ0v) is 13.9. The second-order valence-corrected chi connectivity index (χ2v) is 5.97. The highest BCUT2D eigenvalue weighted by molar-refractivity contribution is 5.40. The number of rotatable bonds is 5. The minimum absolute atomic E-state index is 0.00525. The number of piperazine rings is 1. The number of para-hydroxylation sites is 1. The third kappa shape index (κ3) is 3.24. The van der Waals surface area contributed by atoms with Gasteiger partial charge in [-0.1, -0.05) is 23.3 Å². The molecule has 11 heteroatoms. The lowest BCUT2D eigenvalue weighted by Gasteiger charge is -2.34. The lowest BCUT2D eigenvalue weighted by atomic mass is 10.3. The second kappa shape index (κ2) is 6.88. The number of tetrazole rings is 1. The molecule has 0 atom stereocenters. The Morgan fingerprint density at radius 3 is 2.58 bits per heavy atom. The van der Waals surface area contributed by atoms with Crippen LogP contribution in [-0.2, 0) is 6.67 Å². The average molecular weight is 355 g/mol. The van der Waals surface area contributed by atoms with Gasteiger partial charge in [0.15, 0.2) is 0 Å². The van der Waals surface area contributed by atoms with Gasteiger partial charge in [0, 0.05) is 26.2 Å². The normalized spacial score (nSPS) is 15.3. The van der Waals surface area contributed by atoms with Gasteiger partial charge in [0.1, 0.15) is 12.4 Å². The molecule has 0 N–H and O–H groups in total. The van der Waals surface area contributed by atoms with Gasteiger partial charge in [-0.3, -0.25) is 19.7 Å². The zero-order valence-electron chi connectivity index (χ0n) is 13.9. The van der Waals surface area contributed by atoms with Crippen LogP contribution in [0, 0.1) is 10.1 Å². The van der Waals surface area contributed by atoms with Crippen LogP contribution in [-0.4, -0.2) is 66.0 Å². The maximum Gasteiger partial charge on any atom is 0.307 e. The van der Waals surface area contributed by atoms with E-state index in [9.17, 15) is 10.1 Å². The highest BCUT2D eigenvalue weighted by Gasteiger charge is 2.22. The second-order valence-electron chi connectivity index (χ2n) is 5.97. The summed E-state index contributed by atoms with van der Waals surface area (Å²) in [5, 5.41) is 26.8. The lowest BCUT2D eigenvalue weighted by molar-refractivity contribution is -0.385. The summed E-state index contributed by atoms with van der Waals surface area (Å²) in [6.07, 6.45) is 2.71. The first-order valence-corrected chi connectivity index (χ1v) is 8.18. The summed E-state index contributed by atoms with van der Waals surface area (Å²) in [4.78, 5) is 14.6. The molecular formula is C15H17N9O2. The van der Waals surface area contributed by atoms with E-state index >= 15 is 0 Å². The highest BCUT2D eigenvalue weighted by Crippen LogP contribution is 2.17. The molecule has 0 radical (unpaired) electrons. The van der Waals surface area contributed by atoms with E-state index in [0.29, 0.717) is 12.6 Å². The molecule has 1 fully saturated rings. The fourth-order valence-electron chi connectivity index (χ4n) is 2.93. The Balaban J connectivity index is 1.40. The Morgan fingerprint density at radius 2 is 1.88 bits per heavy atom. The van der Waals surface area contributed by atoms with Crippen LogP contribution < -0.4 is 4.90 Å². The molecule has 1 aliphatic rings. The molecular weight excluding hydrogens is 338 g/mol. The first-order chi connectivity index (χ1) is 12.7. The summed E-state index contributed by atoms with van der Waals surface area (Å²) in [5.41, 5.74) is 0.921. The summed E-state index contributed by atoms with van der Waals surface area (Å²) in [6.45, 7) is 3.61. The predicted octanol–water partition coefficient (Wildman–Crippen LogP) is 0.547. The first-order valence-electron chi connectivity index (χ1n) is 8.18. The smallest absolute Gasteiger partial charge is 0.307 e. The number of benzene rings is 1. The third-order valence-electron chi connectivity index (χ3n) is 4.28. The molecule has 4 rings (SSSR count). The van der Waals surface area contributed by atoms with E-state index in [0.717, 1.165) is 31.9 Å². The molecule has 0 aliphatic carbocycles. The Morgan fingerprint density at radius 1 is 1.12 bits per heavy atom. The number of nitro groups is 1. The third-order valence-corrected chi connectivity index (χ3v) is 4.28. The topological polar surface area (TPSA) is 111 Å². The Kier molecular flexibility index (Phi) is 4.27. The van der Waals surface area contributed by atoms with Crippen LogP contribution in [0.3, 0.4) is 0 Å². The molecule has 0 bridgehead atoms. The molecule has 0 spiro atoms. The van der Waals surface area contributed by atoms with Gasteiger partial charge in [-0.05, 0) is 22.6 Å². The van der Waals surface area contributed by atoms with E-state index in [1.54, 1.807) is 9.36 Å². The van der Waals surface area contributed by atoms with E-state index in [1.165, 1.54) is 12.4 Å². The van der Waals surface area contributed by atoms with Crippen molar-refractivity contribution in [2.75, 3.05) is 31.1 Å². The van der Waals surface area contributed by atoms with Crippen molar-refractivity contribution in [1.82, 2.24) is 34.9 Å². The predicted molar refractivity (Wildman–Crippen MR) is 91.8 cm³/mol. The minimum atomic E-state index is -0.440. The van der Waals surface area contributed by atoms with Crippen LogP contribution in [0.4, 0.5) is 11.6 Å². The summed E-state index contributed by atoms with van der Waals surface area (Å²) >= 11 is 0. The van der Waals surface area contributed by atoms with Crippen LogP contribution in [0.25, 0.3) is 5.69 Å². The fourth-order valence-corrected chi connectivity index (χ4v) is 2.93. The Bertz CT molecular complexity index is 883. The van der Waals surface area contributed by atoms with E-state index in [2.05, 4.69) is 30.4 Å². The molecule has 1 aliphatic heterocycles. The standard InChI is InChI=1S/C15H17N9O2/c25-24(26)14-10-16-22(11-14)12-20-6-8-21(9-7-20)15-17-18-19-23(15)13-4-2-1-3-5-13/h1-5,10-11H,6-9,12H2. The Labute approximate surface area is 148 Å². The van der Waals surface area contributed by atoms with Crippen molar-refractivity contribution < 1.29 is 4.92 Å².